The SMILES string of the molecule is O=C(CCCCl)N(CCc1c[nH]c2ccccc12)Cc1ccccc1. The van der Waals surface area contributed by atoms with Crippen LogP contribution in [0.3, 0.4) is 0 Å². The van der Waals surface area contributed by atoms with Crippen LogP contribution in [0.2, 0.25) is 0 Å². The minimum atomic E-state index is 0.171. The minimum Gasteiger partial charge on any atom is -0.361 e. The number of rotatable bonds is 8. The summed E-state index contributed by atoms with van der Waals surface area (Å²) < 4.78 is 0. The van der Waals surface area contributed by atoms with Crippen molar-refractivity contribution in [1.82, 2.24) is 9.88 Å². The van der Waals surface area contributed by atoms with Crippen molar-refractivity contribution in [3.05, 3.63) is 71.9 Å². The fourth-order valence-corrected chi connectivity index (χ4v) is 3.20. The summed E-state index contributed by atoms with van der Waals surface area (Å²) in [5.74, 6) is 0.692. The molecule has 0 atom stereocenters. The number of carbonyl (C=O) groups excluding carboxylic acids is 1. The lowest BCUT2D eigenvalue weighted by Gasteiger charge is -2.23. The molecule has 1 heterocycles. The first kappa shape index (κ1) is 17.6. The molecule has 1 N–H and O–H groups in total. The van der Waals surface area contributed by atoms with Gasteiger partial charge in [0.25, 0.3) is 0 Å². The molecule has 3 aromatic rings. The molecule has 0 saturated heterocycles. The molecule has 0 aliphatic carbocycles. The fraction of sp³-hybridized carbons (Fsp3) is 0.286. The summed E-state index contributed by atoms with van der Waals surface area (Å²) in [5, 5.41) is 1.23. The highest BCUT2D eigenvalue weighted by Gasteiger charge is 2.14. The van der Waals surface area contributed by atoms with Crippen LogP contribution in [0, 0.1) is 0 Å². The third kappa shape index (κ3) is 4.64. The molecule has 3 nitrogen and oxygen atoms in total. The molecule has 130 valence electrons. The van der Waals surface area contributed by atoms with Crippen LogP contribution in [-0.2, 0) is 17.8 Å². The Morgan fingerprint density at radius 2 is 1.80 bits per heavy atom. The summed E-state index contributed by atoms with van der Waals surface area (Å²) in [6, 6.07) is 18.4. The normalized spacial score (nSPS) is 10.9. The lowest BCUT2D eigenvalue weighted by Crippen LogP contribution is -2.32. The van der Waals surface area contributed by atoms with Gasteiger partial charge in [0.15, 0.2) is 0 Å². The lowest BCUT2D eigenvalue weighted by molar-refractivity contribution is -0.131. The maximum atomic E-state index is 12.6. The number of carbonyl (C=O) groups is 1. The van der Waals surface area contributed by atoms with Gasteiger partial charge in [-0.3, -0.25) is 4.79 Å². The molecule has 0 aliphatic heterocycles. The first-order valence-corrected chi connectivity index (χ1v) is 9.24. The third-order valence-corrected chi connectivity index (χ3v) is 4.69. The minimum absolute atomic E-state index is 0.171. The quantitative estimate of drug-likeness (QED) is 0.582. The van der Waals surface area contributed by atoms with Crippen LogP contribution in [-0.4, -0.2) is 28.2 Å². The molecular formula is C21H23ClN2O. The van der Waals surface area contributed by atoms with Gasteiger partial charge in [-0.2, -0.15) is 0 Å². The van der Waals surface area contributed by atoms with E-state index in [2.05, 4.69) is 35.4 Å². The smallest absolute Gasteiger partial charge is 0.222 e. The van der Waals surface area contributed by atoms with E-state index in [1.165, 1.54) is 10.9 Å². The van der Waals surface area contributed by atoms with E-state index in [4.69, 9.17) is 11.6 Å². The second-order valence-electron chi connectivity index (χ2n) is 6.20. The Labute approximate surface area is 153 Å². The topological polar surface area (TPSA) is 36.1 Å². The monoisotopic (exact) mass is 354 g/mol. The molecule has 2 aromatic carbocycles. The highest BCUT2D eigenvalue weighted by atomic mass is 35.5. The Hall–Kier alpha value is -2.26. The van der Waals surface area contributed by atoms with Crippen molar-refractivity contribution in [2.45, 2.75) is 25.8 Å². The number of nitrogens with zero attached hydrogens (tertiary/aromatic N) is 1. The first-order valence-electron chi connectivity index (χ1n) is 8.70. The Morgan fingerprint density at radius 3 is 2.60 bits per heavy atom. The van der Waals surface area contributed by atoms with Crippen LogP contribution < -0.4 is 0 Å². The largest absolute Gasteiger partial charge is 0.361 e. The fourth-order valence-electron chi connectivity index (χ4n) is 3.07. The Balaban J connectivity index is 1.71. The molecule has 0 unspecified atom stereocenters. The molecule has 0 aliphatic rings. The number of benzene rings is 2. The van der Waals surface area contributed by atoms with Gasteiger partial charge in [-0.15, -0.1) is 11.6 Å². The van der Waals surface area contributed by atoms with Gasteiger partial charge in [-0.1, -0.05) is 48.5 Å². The number of para-hydroxylation sites is 1. The van der Waals surface area contributed by atoms with Crippen molar-refractivity contribution >= 4 is 28.4 Å². The molecule has 0 spiro atoms. The summed E-state index contributed by atoms with van der Waals surface area (Å²) in [5.41, 5.74) is 3.54. The lowest BCUT2D eigenvalue weighted by atomic mass is 10.1. The van der Waals surface area contributed by atoms with E-state index in [9.17, 15) is 4.79 Å². The van der Waals surface area contributed by atoms with Crippen LogP contribution >= 0.6 is 11.6 Å². The summed E-state index contributed by atoms with van der Waals surface area (Å²) >= 11 is 5.76. The zero-order valence-corrected chi connectivity index (χ0v) is 15.0. The Morgan fingerprint density at radius 1 is 1.04 bits per heavy atom. The van der Waals surface area contributed by atoms with E-state index in [1.807, 2.05) is 35.2 Å². The third-order valence-electron chi connectivity index (χ3n) is 4.42. The molecule has 1 aromatic heterocycles. The number of hydrogen-bond donors (Lipinski definition) is 1. The van der Waals surface area contributed by atoms with Crippen molar-refractivity contribution in [3.8, 4) is 0 Å². The van der Waals surface area contributed by atoms with Crippen molar-refractivity contribution < 1.29 is 4.79 Å². The van der Waals surface area contributed by atoms with Gasteiger partial charge < -0.3 is 9.88 Å². The van der Waals surface area contributed by atoms with E-state index >= 15 is 0 Å². The van der Waals surface area contributed by atoms with Crippen LogP contribution in [0.25, 0.3) is 10.9 Å². The predicted octanol–water partition coefficient (Wildman–Crippen LogP) is 4.76. The van der Waals surface area contributed by atoms with Gasteiger partial charge in [0.1, 0.15) is 0 Å². The number of amides is 1. The summed E-state index contributed by atoms with van der Waals surface area (Å²) in [6.45, 7) is 1.35. The number of aromatic amines is 1. The molecule has 1 amide bonds. The predicted molar refractivity (Wildman–Crippen MR) is 104 cm³/mol. The summed E-state index contributed by atoms with van der Waals surface area (Å²) in [4.78, 5) is 17.8. The van der Waals surface area contributed by atoms with E-state index in [0.717, 1.165) is 23.9 Å². The van der Waals surface area contributed by atoms with E-state index in [0.29, 0.717) is 25.4 Å². The Kier molecular flexibility index (Phi) is 6.13. The second-order valence-corrected chi connectivity index (χ2v) is 6.58. The number of aromatic nitrogens is 1. The van der Waals surface area contributed by atoms with Gasteiger partial charge in [-0.05, 0) is 30.0 Å². The molecular weight excluding hydrogens is 332 g/mol. The standard InChI is InChI=1S/C21H23ClN2O/c22-13-6-11-21(25)24(16-17-7-2-1-3-8-17)14-12-18-15-23-20-10-5-4-9-19(18)20/h1-5,7-10,15,23H,6,11-14,16H2. The van der Waals surface area contributed by atoms with Crippen molar-refractivity contribution in [2.75, 3.05) is 12.4 Å². The molecule has 0 bridgehead atoms. The zero-order valence-electron chi connectivity index (χ0n) is 14.2. The molecule has 3 rings (SSSR count). The number of alkyl halides is 1. The molecule has 4 heteroatoms. The van der Waals surface area contributed by atoms with E-state index in [-0.39, 0.29) is 5.91 Å². The Bertz CT molecular complexity index is 813. The average molecular weight is 355 g/mol. The highest BCUT2D eigenvalue weighted by molar-refractivity contribution is 6.17. The number of fused-ring (bicyclic) bond motifs is 1. The maximum absolute atomic E-state index is 12.6. The highest BCUT2D eigenvalue weighted by Crippen LogP contribution is 2.19. The van der Waals surface area contributed by atoms with Crippen LogP contribution in [0.5, 0.6) is 0 Å². The second kappa shape index (κ2) is 8.72. The van der Waals surface area contributed by atoms with Crippen LogP contribution in [0.15, 0.2) is 60.8 Å². The van der Waals surface area contributed by atoms with Crippen LogP contribution in [0.1, 0.15) is 24.0 Å². The average Bonchev–Trinajstić information content (AvgIpc) is 3.07. The van der Waals surface area contributed by atoms with Crippen molar-refractivity contribution in [1.29, 1.82) is 0 Å². The maximum Gasteiger partial charge on any atom is 0.222 e. The number of hydrogen-bond acceptors (Lipinski definition) is 1. The van der Waals surface area contributed by atoms with Gasteiger partial charge in [0.05, 0.1) is 0 Å². The molecule has 25 heavy (non-hydrogen) atoms. The number of H-pyrrole nitrogens is 1. The number of halogens is 1. The van der Waals surface area contributed by atoms with Crippen molar-refractivity contribution in [2.24, 2.45) is 0 Å². The van der Waals surface area contributed by atoms with Crippen molar-refractivity contribution in [3.63, 3.8) is 0 Å². The van der Waals surface area contributed by atoms with Gasteiger partial charge in [0, 0.05) is 42.5 Å². The van der Waals surface area contributed by atoms with Gasteiger partial charge in [-0.25, -0.2) is 0 Å². The zero-order chi connectivity index (χ0) is 17.5. The van der Waals surface area contributed by atoms with Gasteiger partial charge in [0.2, 0.25) is 5.91 Å². The first-order chi connectivity index (χ1) is 12.3. The van der Waals surface area contributed by atoms with Gasteiger partial charge >= 0.3 is 0 Å². The summed E-state index contributed by atoms with van der Waals surface area (Å²) in [7, 11) is 0. The molecule has 0 radical (unpaired) electrons. The van der Waals surface area contributed by atoms with Crippen LogP contribution in [0.4, 0.5) is 0 Å². The molecule has 0 saturated carbocycles. The number of nitrogens with one attached hydrogen (secondary N) is 1. The summed E-state index contributed by atoms with van der Waals surface area (Å²) in [6.07, 6.45) is 4.11. The molecule has 0 fully saturated rings. The van der Waals surface area contributed by atoms with E-state index in [1.54, 1.807) is 0 Å². The van der Waals surface area contributed by atoms with E-state index < -0.39 is 0 Å².